The molecule has 7 nitrogen and oxygen atoms in total. The summed E-state index contributed by atoms with van der Waals surface area (Å²) in [6.07, 6.45) is 8.90. The third-order valence-corrected chi connectivity index (χ3v) is 7.41. The molecule has 1 aromatic carbocycles. The van der Waals surface area contributed by atoms with Gasteiger partial charge in [0, 0.05) is 12.8 Å². The summed E-state index contributed by atoms with van der Waals surface area (Å²) >= 11 is 0. The number of hydrogen-bond acceptors (Lipinski definition) is 5. The summed E-state index contributed by atoms with van der Waals surface area (Å²) in [7, 11) is 4.68. The Balaban J connectivity index is 1.26. The molecular formula is C24H34N2O5. The summed E-state index contributed by atoms with van der Waals surface area (Å²) in [5.74, 6) is 3.79. The van der Waals surface area contributed by atoms with Gasteiger partial charge in [-0.15, -0.1) is 0 Å². The Kier molecular flexibility index (Phi) is 6.30. The van der Waals surface area contributed by atoms with Crippen molar-refractivity contribution in [2.75, 3.05) is 21.3 Å². The summed E-state index contributed by atoms with van der Waals surface area (Å²) in [6.45, 7) is 0. The molecule has 31 heavy (non-hydrogen) atoms. The molecule has 0 saturated heterocycles. The van der Waals surface area contributed by atoms with Gasteiger partial charge < -0.3 is 14.2 Å². The van der Waals surface area contributed by atoms with Crippen LogP contribution in [0, 0.1) is 23.2 Å². The average Bonchev–Trinajstić information content (AvgIpc) is 2.74. The monoisotopic (exact) mass is 430 g/mol. The van der Waals surface area contributed by atoms with Gasteiger partial charge in [0.1, 0.15) is 0 Å². The van der Waals surface area contributed by atoms with E-state index in [1.807, 2.05) is 12.1 Å². The number of aryl methyl sites for hydroxylation is 1. The standard InChI is InChI=1S/C24H34N2O5/c1-29-19-9-15(10-20(30-2)23(19)31-3)4-5-21(27)25-26-22(28)14-24-11-16-6-17(12-24)8-18(7-16)13-24/h9-10,16-18H,4-8,11-14H2,1-3H3,(H,25,27)(H,26,28). The smallest absolute Gasteiger partial charge is 0.238 e. The molecule has 4 saturated carbocycles. The number of hydrazine groups is 1. The van der Waals surface area contributed by atoms with E-state index < -0.39 is 0 Å². The highest BCUT2D eigenvalue weighted by Gasteiger charge is 2.51. The highest BCUT2D eigenvalue weighted by molar-refractivity contribution is 5.82. The molecular weight excluding hydrogens is 396 g/mol. The van der Waals surface area contributed by atoms with Crippen molar-refractivity contribution in [3.63, 3.8) is 0 Å². The van der Waals surface area contributed by atoms with Crippen molar-refractivity contribution in [2.45, 2.75) is 57.8 Å². The maximum Gasteiger partial charge on any atom is 0.238 e. The molecule has 4 aliphatic rings. The van der Waals surface area contributed by atoms with Crippen LogP contribution in [-0.2, 0) is 16.0 Å². The molecule has 7 heteroatoms. The Labute approximate surface area is 184 Å². The quantitative estimate of drug-likeness (QED) is 0.618. The van der Waals surface area contributed by atoms with Crippen molar-refractivity contribution in [1.29, 1.82) is 0 Å². The zero-order valence-electron chi connectivity index (χ0n) is 18.8. The normalized spacial score (nSPS) is 28.2. The van der Waals surface area contributed by atoms with Gasteiger partial charge in [-0.2, -0.15) is 0 Å². The molecule has 0 atom stereocenters. The minimum atomic E-state index is -0.215. The number of carbonyl (C=O) groups is 2. The molecule has 1 aromatic rings. The van der Waals surface area contributed by atoms with Crippen molar-refractivity contribution in [3.05, 3.63) is 17.7 Å². The molecule has 4 fully saturated rings. The number of ether oxygens (including phenoxy) is 3. The van der Waals surface area contributed by atoms with Crippen molar-refractivity contribution >= 4 is 11.8 Å². The lowest BCUT2D eigenvalue weighted by atomic mass is 9.49. The lowest BCUT2D eigenvalue weighted by Crippen LogP contribution is -2.50. The van der Waals surface area contributed by atoms with Crippen LogP contribution >= 0.6 is 0 Å². The number of carbonyl (C=O) groups excluding carboxylic acids is 2. The molecule has 4 aliphatic carbocycles. The largest absolute Gasteiger partial charge is 0.493 e. The maximum atomic E-state index is 12.6. The van der Waals surface area contributed by atoms with Gasteiger partial charge >= 0.3 is 0 Å². The van der Waals surface area contributed by atoms with Gasteiger partial charge in [0.15, 0.2) is 11.5 Å². The summed E-state index contributed by atoms with van der Waals surface area (Å²) in [5, 5.41) is 0. The zero-order chi connectivity index (χ0) is 22.0. The van der Waals surface area contributed by atoms with E-state index in [1.165, 1.54) is 38.5 Å². The van der Waals surface area contributed by atoms with Crippen LogP contribution in [0.5, 0.6) is 17.2 Å². The van der Waals surface area contributed by atoms with Gasteiger partial charge in [-0.3, -0.25) is 20.4 Å². The molecule has 0 unspecified atom stereocenters. The van der Waals surface area contributed by atoms with Crippen LogP contribution in [0.15, 0.2) is 12.1 Å². The predicted molar refractivity (Wildman–Crippen MR) is 116 cm³/mol. The van der Waals surface area contributed by atoms with Crippen molar-refractivity contribution in [3.8, 4) is 17.2 Å². The highest BCUT2D eigenvalue weighted by atomic mass is 16.5. The van der Waals surface area contributed by atoms with Crippen molar-refractivity contribution in [2.24, 2.45) is 23.2 Å². The second-order valence-corrected chi connectivity index (χ2v) is 9.72. The molecule has 0 heterocycles. The third kappa shape index (κ3) is 4.75. The van der Waals surface area contributed by atoms with Crippen LogP contribution in [0.1, 0.15) is 56.9 Å². The van der Waals surface area contributed by atoms with E-state index in [0.29, 0.717) is 30.1 Å². The molecule has 5 rings (SSSR count). The Morgan fingerprint density at radius 1 is 0.871 bits per heavy atom. The van der Waals surface area contributed by atoms with E-state index in [4.69, 9.17) is 14.2 Å². The SMILES string of the molecule is COc1cc(CCC(=O)NNC(=O)CC23CC4CC(CC(C4)C2)C3)cc(OC)c1OC. The van der Waals surface area contributed by atoms with E-state index in [9.17, 15) is 9.59 Å². The summed E-state index contributed by atoms with van der Waals surface area (Å²) in [5.41, 5.74) is 6.30. The molecule has 0 aromatic heterocycles. The summed E-state index contributed by atoms with van der Waals surface area (Å²) < 4.78 is 16.0. The van der Waals surface area contributed by atoms with Gasteiger partial charge in [-0.05, 0) is 85.8 Å². The van der Waals surface area contributed by atoms with E-state index in [2.05, 4.69) is 10.9 Å². The fraction of sp³-hybridized carbons (Fsp3) is 0.667. The zero-order valence-corrected chi connectivity index (χ0v) is 18.8. The van der Waals surface area contributed by atoms with Gasteiger partial charge in [0.05, 0.1) is 21.3 Å². The first-order chi connectivity index (χ1) is 14.9. The first kappa shape index (κ1) is 21.8. The van der Waals surface area contributed by atoms with Crippen LogP contribution < -0.4 is 25.1 Å². The van der Waals surface area contributed by atoms with Gasteiger partial charge in [0.25, 0.3) is 0 Å². The Bertz CT molecular complexity index is 777. The average molecular weight is 431 g/mol. The second kappa shape index (κ2) is 8.97. The maximum absolute atomic E-state index is 12.6. The molecule has 170 valence electrons. The highest BCUT2D eigenvalue weighted by Crippen LogP contribution is 2.61. The first-order valence-electron chi connectivity index (χ1n) is 11.3. The number of methoxy groups -OCH3 is 3. The minimum Gasteiger partial charge on any atom is -0.493 e. The third-order valence-electron chi connectivity index (χ3n) is 7.41. The van der Waals surface area contributed by atoms with Crippen molar-refractivity contribution < 1.29 is 23.8 Å². The molecule has 4 bridgehead atoms. The van der Waals surface area contributed by atoms with Crippen LogP contribution in [0.3, 0.4) is 0 Å². The van der Waals surface area contributed by atoms with E-state index in [1.54, 1.807) is 21.3 Å². The van der Waals surface area contributed by atoms with E-state index >= 15 is 0 Å². The number of nitrogens with one attached hydrogen (secondary N) is 2. The lowest BCUT2D eigenvalue weighted by Gasteiger charge is -2.56. The molecule has 2 amide bonds. The predicted octanol–water partition coefficient (Wildman–Crippen LogP) is 3.40. The van der Waals surface area contributed by atoms with Crippen LogP contribution in [0.4, 0.5) is 0 Å². The second-order valence-electron chi connectivity index (χ2n) is 9.72. The number of rotatable bonds is 8. The van der Waals surface area contributed by atoms with Gasteiger partial charge in [-0.1, -0.05) is 0 Å². The Morgan fingerprint density at radius 2 is 1.39 bits per heavy atom. The molecule has 0 spiro atoms. The van der Waals surface area contributed by atoms with Gasteiger partial charge in [0.2, 0.25) is 17.6 Å². The van der Waals surface area contributed by atoms with Crippen molar-refractivity contribution in [1.82, 2.24) is 10.9 Å². The summed E-state index contributed by atoms with van der Waals surface area (Å²) in [6, 6.07) is 3.67. The van der Waals surface area contributed by atoms with Crippen LogP contribution in [0.2, 0.25) is 0 Å². The van der Waals surface area contributed by atoms with E-state index in [-0.39, 0.29) is 23.7 Å². The molecule has 2 N–H and O–H groups in total. The molecule has 0 radical (unpaired) electrons. The topological polar surface area (TPSA) is 85.9 Å². The fourth-order valence-electron chi connectivity index (χ4n) is 6.63. The number of amides is 2. The lowest BCUT2D eigenvalue weighted by molar-refractivity contribution is -0.134. The van der Waals surface area contributed by atoms with Crippen LogP contribution in [0.25, 0.3) is 0 Å². The van der Waals surface area contributed by atoms with Gasteiger partial charge in [-0.25, -0.2) is 0 Å². The number of benzene rings is 1. The first-order valence-corrected chi connectivity index (χ1v) is 11.3. The summed E-state index contributed by atoms with van der Waals surface area (Å²) in [4.78, 5) is 24.9. The Morgan fingerprint density at radius 3 is 1.87 bits per heavy atom. The Hall–Kier alpha value is -2.44. The minimum absolute atomic E-state index is 0.0666. The molecule has 0 aliphatic heterocycles. The number of hydrogen-bond donors (Lipinski definition) is 2. The van der Waals surface area contributed by atoms with E-state index in [0.717, 1.165) is 23.3 Å². The fourth-order valence-corrected chi connectivity index (χ4v) is 6.63. The van der Waals surface area contributed by atoms with Crippen LogP contribution in [-0.4, -0.2) is 33.1 Å².